The number of nitrogens with zero attached hydrogens (tertiary/aromatic N) is 2. The number of halogens is 1. The number of aliphatic imine (C=N–C) groups is 1. The molecule has 7 nitrogen and oxygen atoms in total. The maximum Gasteiger partial charge on any atom is 0.320 e. The van der Waals surface area contributed by atoms with Gasteiger partial charge in [0.25, 0.3) is 0 Å². The van der Waals surface area contributed by atoms with Gasteiger partial charge in [0, 0.05) is 33.3 Å². The van der Waals surface area contributed by atoms with Crippen LogP contribution in [-0.2, 0) is 0 Å². The molecule has 2 N–H and O–H groups in total. The Morgan fingerprint density at radius 3 is 2.77 bits per heavy atom. The van der Waals surface area contributed by atoms with Gasteiger partial charge in [-0.3, -0.25) is 9.98 Å². The van der Waals surface area contributed by atoms with E-state index in [1.807, 2.05) is 18.2 Å². The minimum absolute atomic E-state index is 0.149. The van der Waals surface area contributed by atoms with Crippen LogP contribution in [0.15, 0.2) is 58.5 Å². The van der Waals surface area contributed by atoms with Gasteiger partial charge in [0.2, 0.25) is 0 Å². The number of hydrogen-bond donors (Lipinski definition) is 2. The molecule has 1 unspecified atom stereocenters. The van der Waals surface area contributed by atoms with Crippen molar-refractivity contribution >= 4 is 62.1 Å². The number of amides is 2. The number of anilines is 1. The van der Waals surface area contributed by atoms with Crippen molar-refractivity contribution in [2.75, 3.05) is 26.1 Å². The Morgan fingerprint density at radius 1 is 1.19 bits per heavy atom. The molecule has 1 aliphatic heterocycles. The van der Waals surface area contributed by atoms with Crippen LogP contribution in [-0.4, -0.2) is 41.5 Å². The van der Waals surface area contributed by atoms with Gasteiger partial charge in [-0.05, 0) is 30.3 Å². The summed E-state index contributed by atoms with van der Waals surface area (Å²) in [7, 11) is 3.20. The molecule has 0 bridgehead atoms. The summed E-state index contributed by atoms with van der Waals surface area (Å²) in [5, 5.41) is 7.07. The molecule has 0 fully saturated rings. The Bertz CT molecular complexity index is 1160. The van der Waals surface area contributed by atoms with E-state index in [4.69, 9.17) is 21.1 Å². The predicted octanol–water partition coefficient (Wildman–Crippen LogP) is 5.25. The van der Waals surface area contributed by atoms with Crippen molar-refractivity contribution in [1.29, 1.82) is 0 Å². The molecule has 3 aromatic rings. The molecule has 0 radical (unpaired) electrons. The first-order valence-electron chi connectivity index (χ1n) is 9.28. The van der Waals surface area contributed by atoms with Crippen LogP contribution in [0.1, 0.15) is 0 Å². The maximum atomic E-state index is 12.3. The molecule has 0 spiro atoms. The number of aromatic nitrogens is 1. The van der Waals surface area contributed by atoms with Gasteiger partial charge in [-0.2, -0.15) is 0 Å². The third-order valence-electron chi connectivity index (χ3n) is 4.41. The molecule has 0 saturated carbocycles. The largest absolute Gasteiger partial charge is 0.493 e. The van der Waals surface area contributed by atoms with E-state index in [9.17, 15) is 4.79 Å². The normalized spacial score (nSPS) is 15.5. The number of hydrogen-bond acceptors (Lipinski definition) is 7. The van der Waals surface area contributed by atoms with E-state index < -0.39 is 0 Å². The lowest BCUT2D eigenvalue weighted by atomic mass is 10.2. The Morgan fingerprint density at radius 2 is 2.00 bits per heavy atom. The molecule has 10 heteroatoms. The fourth-order valence-electron chi connectivity index (χ4n) is 3.00. The smallest absolute Gasteiger partial charge is 0.320 e. The van der Waals surface area contributed by atoms with Crippen LogP contribution in [0.2, 0.25) is 5.02 Å². The molecule has 0 saturated heterocycles. The number of urea groups is 1. The summed E-state index contributed by atoms with van der Waals surface area (Å²) < 4.78 is 11.7. The minimum atomic E-state index is -0.299. The maximum absolute atomic E-state index is 12.3. The summed E-state index contributed by atoms with van der Waals surface area (Å²) >= 11 is 9.01. The fraction of sp³-hybridized carbons (Fsp3) is 0.190. The van der Waals surface area contributed by atoms with Crippen LogP contribution >= 0.6 is 35.1 Å². The van der Waals surface area contributed by atoms with Crippen molar-refractivity contribution in [3.8, 4) is 11.5 Å². The Kier molecular flexibility index (Phi) is 6.74. The monoisotopic (exact) mass is 474 g/mol. The third kappa shape index (κ3) is 5.17. The molecule has 2 aromatic carbocycles. The Labute approximate surface area is 193 Å². The Balaban J connectivity index is 1.41. The van der Waals surface area contributed by atoms with Crippen molar-refractivity contribution in [3.63, 3.8) is 0 Å². The lowest BCUT2D eigenvalue weighted by Gasteiger charge is -2.13. The van der Waals surface area contributed by atoms with Gasteiger partial charge < -0.3 is 20.1 Å². The lowest BCUT2D eigenvalue weighted by Crippen LogP contribution is -2.36. The second-order valence-electron chi connectivity index (χ2n) is 6.46. The highest BCUT2D eigenvalue weighted by molar-refractivity contribution is 8.39. The van der Waals surface area contributed by atoms with Crippen molar-refractivity contribution < 1.29 is 14.3 Å². The van der Waals surface area contributed by atoms with Gasteiger partial charge in [0.1, 0.15) is 9.75 Å². The van der Waals surface area contributed by atoms with E-state index >= 15 is 0 Å². The number of benzene rings is 2. The first-order valence-corrected chi connectivity index (χ1v) is 11.4. The topological polar surface area (TPSA) is 84.8 Å². The van der Waals surface area contributed by atoms with E-state index in [1.54, 1.807) is 44.7 Å². The highest BCUT2D eigenvalue weighted by atomic mass is 35.5. The summed E-state index contributed by atoms with van der Waals surface area (Å²) in [6.07, 6.45) is 1.75. The number of thioether (sulfide) groups is 2. The summed E-state index contributed by atoms with van der Waals surface area (Å²) in [4.78, 5) is 22.3. The van der Waals surface area contributed by atoms with Gasteiger partial charge in [0.15, 0.2) is 11.5 Å². The zero-order chi connectivity index (χ0) is 21.8. The van der Waals surface area contributed by atoms with Crippen molar-refractivity contribution in [3.05, 3.63) is 53.7 Å². The number of carbonyl (C=O) groups excluding carboxylic acids is 1. The van der Waals surface area contributed by atoms with Crippen LogP contribution in [0.5, 0.6) is 11.5 Å². The summed E-state index contributed by atoms with van der Waals surface area (Å²) in [5.41, 5.74) is 1.44. The number of carbonyl (C=O) groups is 1. The van der Waals surface area contributed by atoms with Gasteiger partial charge in [-0.1, -0.05) is 41.2 Å². The zero-order valence-electron chi connectivity index (χ0n) is 16.7. The molecule has 1 atom stereocenters. The molecular formula is C21H19ClN4O3S2. The minimum Gasteiger partial charge on any atom is -0.493 e. The predicted molar refractivity (Wildman–Crippen MR) is 128 cm³/mol. The molecule has 1 aliphatic rings. The van der Waals surface area contributed by atoms with Crippen LogP contribution in [0.25, 0.3) is 10.9 Å². The van der Waals surface area contributed by atoms with Gasteiger partial charge >= 0.3 is 6.03 Å². The number of pyridine rings is 1. The molecule has 2 heterocycles. The van der Waals surface area contributed by atoms with Gasteiger partial charge in [-0.15, -0.1) is 0 Å². The first kappa shape index (κ1) is 21.6. The number of methoxy groups -OCH3 is 2. The van der Waals surface area contributed by atoms with E-state index in [0.717, 1.165) is 20.2 Å². The van der Waals surface area contributed by atoms with Crippen molar-refractivity contribution in [2.24, 2.45) is 4.99 Å². The fourth-order valence-corrected chi connectivity index (χ4v) is 5.43. The average molecular weight is 475 g/mol. The summed E-state index contributed by atoms with van der Waals surface area (Å²) in [5.74, 6) is 1.27. The first-order chi connectivity index (χ1) is 15.1. The third-order valence-corrected chi connectivity index (χ3v) is 6.94. The SMILES string of the molecule is COc1cc2nccc(SC3=NCC(NC(=O)Nc4cccc(Cl)c4)S3)c2cc1OC. The van der Waals surface area contributed by atoms with Gasteiger partial charge in [-0.25, -0.2) is 4.79 Å². The van der Waals surface area contributed by atoms with Crippen LogP contribution in [0.4, 0.5) is 10.5 Å². The van der Waals surface area contributed by atoms with Crippen LogP contribution < -0.4 is 20.1 Å². The molecule has 2 amide bonds. The zero-order valence-corrected chi connectivity index (χ0v) is 19.1. The summed E-state index contributed by atoms with van der Waals surface area (Å²) in [6, 6.07) is 12.4. The van der Waals surface area contributed by atoms with Crippen molar-refractivity contribution in [2.45, 2.75) is 10.3 Å². The molecule has 1 aromatic heterocycles. The number of ether oxygens (including phenoxy) is 2. The van der Waals surface area contributed by atoms with Crippen LogP contribution in [0, 0.1) is 0 Å². The lowest BCUT2D eigenvalue weighted by molar-refractivity contribution is 0.251. The van der Waals surface area contributed by atoms with Crippen LogP contribution in [0.3, 0.4) is 0 Å². The quantitative estimate of drug-likeness (QED) is 0.525. The molecular weight excluding hydrogens is 456 g/mol. The molecule has 0 aliphatic carbocycles. The molecule has 31 heavy (non-hydrogen) atoms. The number of nitrogens with one attached hydrogen (secondary N) is 2. The second kappa shape index (κ2) is 9.67. The summed E-state index contributed by atoms with van der Waals surface area (Å²) in [6.45, 7) is 0.496. The van der Waals surface area contributed by atoms with E-state index in [0.29, 0.717) is 28.8 Å². The van der Waals surface area contributed by atoms with E-state index in [1.165, 1.54) is 23.5 Å². The van der Waals surface area contributed by atoms with Crippen molar-refractivity contribution in [1.82, 2.24) is 10.3 Å². The molecule has 160 valence electrons. The Hall–Kier alpha value is -2.62. The standard InChI is InChI=1S/C21H19ClN4O3S2/c1-28-16-9-14-15(10-17(16)29-2)23-7-6-18(14)30-21-24-11-19(31-21)26-20(27)25-13-5-3-4-12(22)8-13/h3-10,19H,11H2,1-2H3,(H2,25,26,27). The second-order valence-corrected chi connectivity index (χ2v) is 9.37. The van der Waals surface area contributed by atoms with E-state index in [-0.39, 0.29) is 11.4 Å². The van der Waals surface area contributed by atoms with E-state index in [2.05, 4.69) is 20.6 Å². The molecule has 4 rings (SSSR count). The highest BCUT2D eigenvalue weighted by Gasteiger charge is 2.23. The number of rotatable bonds is 5. The highest BCUT2D eigenvalue weighted by Crippen LogP contribution is 2.39. The van der Waals surface area contributed by atoms with Gasteiger partial charge in [0.05, 0.1) is 26.3 Å². The number of fused-ring (bicyclic) bond motifs is 1. The average Bonchev–Trinajstić information content (AvgIpc) is 3.19.